The third-order valence-corrected chi connectivity index (χ3v) is 12.6. The molecule has 0 saturated heterocycles. The van der Waals surface area contributed by atoms with E-state index in [0.717, 1.165) is 33.1 Å². The maximum atomic E-state index is 6.44. The van der Waals surface area contributed by atoms with Crippen LogP contribution in [0.2, 0.25) is 0 Å². The summed E-state index contributed by atoms with van der Waals surface area (Å²) in [5, 5.41) is 2.29. The van der Waals surface area contributed by atoms with Gasteiger partial charge in [0, 0.05) is 34.3 Å². The van der Waals surface area contributed by atoms with Crippen molar-refractivity contribution >= 4 is 45.7 Å². The van der Waals surface area contributed by atoms with Gasteiger partial charge in [-0.25, -0.2) is 0 Å². The molecule has 1 heterocycles. The van der Waals surface area contributed by atoms with Crippen LogP contribution in [0.1, 0.15) is 160 Å². The van der Waals surface area contributed by atoms with Gasteiger partial charge in [0.25, 0.3) is 0 Å². The van der Waals surface area contributed by atoms with Gasteiger partial charge in [-0.2, -0.15) is 0 Å². The highest BCUT2D eigenvalue weighted by atomic mass is 16.3. The molecule has 0 bridgehead atoms. The maximum absolute atomic E-state index is 6.44. The number of aliphatic imine (C=N–C) groups is 2. The molecule has 4 fully saturated rings. The molecule has 49 heavy (non-hydrogen) atoms. The number of furan rings is 1. The van der Waals surface area contributed by atoms with Gasteiger partial charge in [-0.05, 0) is 115 Å². The van der Waals surface area contributed by atoms with Crippen molar-refractivity contribution in [2.45, 2.75) is 126 Å². The Balaban J connectivity index is 1.21. The second kappa shape index (κ2) is 13.7. The molecule has 0 amide bonds. The van der Waals surface area contributed by atoms with Crippen molar-refractivity contribution in [2.24, 2.45) is 9.98 Å². The predicted molar refractivity (Wildman–Crippen MR) is 206 cm³/mol. The van der Waals surface area contributed by atoms with Crippen molar-refractivity contribution in [2.75, 3.05) is 0 Å². The van der Waals surface area contributed by atoms with Crippen LogP contribution in [0.5, 0.6) is 0 Å². The SMILES string of the molecule is C(=Nc1c(C2CCCC2)cccc1C1CCCC1)c1ccc2oc3ccccc3c2c1C=Nc1c(C2CCCC2)cccc1C1CCCC1. The van der Waals surface area contributed by atoms with Crippen molar-refractivity contribution < 1.29 is 4.42 Å². The first kappa shape index (κ1) is 31.0. The first-order valence-electron chi connectivity index (χ1n) is 19.6. The molecule has 0 N–H and O–H groups in total. The van der Waals surface area contributed by atoms with Crippen LogP contribution in [0.3, 0.4) is 0 Å². The van der Waals surface area contributed by atoms with Crippen LogP contribution < -0.4 is 0 Å². The van der Waals surface area contributed by atoms with E-state index in [1.54, 1.807) is 0 Å². The summed E-state index contributed by atoms with van der Waals surface area (Å²) in [7, 11) is 0. The quantitative estimate of drug-likeness (QED) is 0.155. The molecule has 0 atom stereocenters. The normalized spacial score (nSPS) is 20.1. The van der Waals surface area contributed by atoms with Gasteiger partial charge >= 0.3 is 0 Å². The summed E-state index contributed by atoms with van der Waals surface area (Å²) in [6, 6.07) is 27.0. The smallest absolute Gasteiger partial charge is 0.136 e. The van der Waals surface area contributed by atoms with Crippen molar-refractivity contribution in [1.82, 2.24) is 0 Å². The Kier molecular flexibility index (Phi) is 8.70. The predicted octanol–water partition coefficient (Wildman–Crippen LogP) is 13.7. The molecule has 1 aromatic heterocycles. The molecule has 250 valence electrons. The molecule has 0 aliphatic heterocycles. The summed E-state index contributed by atoms with van der Waals surface area (Å²) >= 11 is 0. The molecule has 0 spiro atoms. The van der Waals surface area contributed by atoms with E-state index < -0.39 is 0 Å². The van der Waals surface area contributed by atoms with E-state index in [1.165, 1.54) is 136 Å². The lowest BCUT2D eigenvalue weighted by atomic mass is 9.88. The second-order valence-electron chi connectivity index (χ2n) is 15.6. The third-order valence-electron chi connectivity index (χ3n) is 12.6. The summed E-state index contributed by atoms with van der Waals surface area (Å²) in [5.74, 6) is 2.47. The first-order valence-corrected chi connectivity index (χ1v) is 19.6. The molecular weight excluding hydrogens is 597 g/mol. The highest BCUT2D eigenvalue weighted by Crippen LogP contribution is 2.47. The molecule has 4 aliphatic rings. The zero-order chi connectivity index (χ0) is 32.6. The highest BCUT2D eigenvalue weighted by molar-refractivity contribution is 6.16. The molecule has 3 heteroatoms. The number of nitrogens with zero attached hydrogens (tertiary/aromatic N) is 2. The second-order valence-corrected chi connectivity index (χ2v) is 15.6. The minimum absolute atomic E-state index is 0.612. The summed E-state index contributed by atoms with van der Waals surface area (Å²) in [4.78, 5) is 11.0. The van der Waals surface area contributed by atoms with E-state index in [2.05, 4.69) is 85.2 Å². The van der Waals surface area contributed by atoms with Gasteiger partial charge in [-0.3, -0.25) is 9.98 Å². The standard InChI is InChI=1S/C46H50N2O/c1-2-14-31(13-1)36-22-11-23-37(32-15-3-4-16-32)45(36)47-29-35-27-28-43-44(40-21-9-10-26-42(40)49-43)41(35)30-48-46-38(33-17-5-6-18-33)24-12-25-39(46)34-19-7-8-20-34/h9-12,21-34H,1-8,13-20H2. The maximum Gasteiger partial charge on any atom is 0.136 e. The lowest BCUT2D eigenvalue weighted by molar-refractivity contribution is 0.669. The van der Waals surface area contributed by atoms with Crippen molar-refractivity contribution in [3.8, 4) is 0 Å². The Labute approximate surface area is 291 Å². The van der Waals surface area contributed by atoms with Gasteiger partial charge in [-0.1, -0.05) is 106 Å². The van der Waals surface area contributed by atoms with Crippen LogP contribution in [-0.4, -0.2) is 12.4 Å². The van der Waals surface area contributed by atoms with Gasteiger partial charge in [0.05, 0.1) is 11.4 Å². The minimum Gasteiger partial charge on any atom is -0.456 e. The summed E-state index contributed by atoms with van der Waals surface area (Å²) in [6.45, 7) is 0. The summed E-state index contributed by atoms with van der Waals surface area (Å²) in [6.07, 6.45) is 25.2. The monoisotopic (exact) mass is 646 g/mol. The summed E-state index contributed by atoms with van der Waals surface area (Å²) in [5.41, 5.74) is 12.4. The first-order chi connectivity index (χ1) is 24.3. The van der Waals surface area contributed by atoms with Crippen molar-refractivity contribution in [1.29, 1.82) is 0 Å². The minimum atomic E-state index is 0.612. The van der Waals surface area contributed by atoms with Gasteiger partial charge in [0.2, 0.25) is 0 Å². The molecular formula is C46H50N2O. The van der Waals surface area contributed by atoms with E-state index in [-0.39, 0.29) is 0 Å². The Morgan fingerprint density at radius 1 is 0.449 bits per heavy atom. The van der Waals surface area contributed by atoms with Gasteiger partial charge < -0.3 is 4.42 Å². The van der Waals surface area contributed by atoms with Crippen LogP contribution in [-0.2, 0) is 0 Å². The fourth-order valence-corrected chi connectivity index (χ4v) is 10.1. The molecule has 4 aliphatic carbocycles. The zero-order valence-electron chi connectivity index (χ0n) is 29.0. The molecule has 0 unspecified atom stereocenters. The number of para-hydroxylation sites is 3. The van der Waals surface area contributed by atoms with E-state index in [4.69, 9.17) is 14.4 Å². The number of hydrogen-bond acceptors (Lipinski definition) is 3. The number of rotatable bonds is 8. The van der Waals surface area contributed by atoms with Gasteiger partial charge in [0.15, 0.2) is 0 Å². The average Bonchev–Trinajstić information content (AvgIpc) is 4.00. The molecule has 4 aromatic carbocycles. The Bertz CT molecular complexity index is 1940. The van der Waals surface area contributed by atoms with Crippen molar-refractivity contribution in [3.63, 3.8) is 0 Å². The lowest BCUT2D eigenvalue weighted by Crippen LogP contribution is -2.01. The fourth-order valence-electron chi connectivity index (χ4n) is 10.1. The van der Waals surface area contributed by atoms with E-state index in [0.29, 0.717) is 23.7 Å². The average molecular weight is 647 g/mol. The van der Waals surface area contributed by atoms with Crippen LogP contribution in [0.4, 0.5) is 11.4 Å². The van der Waals surface area contributed by atoms with Gasteiger partial charge in [0.1, 0.15) is 11.2 Å². The third kappa shape index (κ3) is 5.98. The Morgan fingerprint density at radius 3 is 1.39 bits per heavy atom. The van der Waals surface area contributed by atoms with Crippen molar-refractivity contribution in [3.05, 3.63) is 106 Å². The highest BCUT2D eigenvalue weighted by Gasteiger charge is 2.27. The number of fused-ring (bicyclic) bond motifs is 3. The Hall–Kier alpha value is -3.98. The Morgan fingerprint density at radius 2 is 0.898 bits per heavy atom. The van der Waals surface area contributed by atoms with Crippen LogP contribution in [0.25, 0.3) is 21.9 Å². The molecule has 5 aromatic rings. The molecule has 0 radical (unpaired) electrons. The fraction of sp³-hybridized carbons (Fsp3) is 0.435. The molecule has 3 nitrogen and oxygen atoms in total. The molecule has 4 saturated carbocycles. The van der Waals surface area contributed by atoms with Gasteiger partial charge in [-0.15, -0.1) is 0 Å². The number of benzene rings is 4. The topological polar surface area (TPSA) is 37.9 Å². The summed E-state index contributed by atoms with van der Waals surface area (Å²) < 4.78 is 6.44. The van der Waals surface area contributed by atoms with Crippen LogP contribution in [0, 0.1) is 0 Å². The largest absolute Gasteiger partial charge is 0.456 e. The molecule has 9 rings (SSSR count). The van der Waals surface area contributed by atoms with Crippen LogP contribution in [0.15, 0.2) is 87.2 Å². The lowest BCUT2D eigenvalue weighted by Gasteiger charge is -2.20. The van der Waals surface area contributed by atoms with E-state index in [9.17, 15) is 0 Å². The zero-order valence-corrected chi connectivity index (χ0v) is 29.0. The number of hydrogen-bond donors (Lipinski definition) is 0. The van der Waals surface area contributed by atoms with Crippen LogP contribution >= 0.6 is 0 Å². The van der Waals surface area contributed by atoms with E-state index in [1.807, 2.05) is 0 Å². The van der Waals surface area contributed by atoms with E-state index >= 15 is 0 Å².